The van der Waals surface area contributed by atoms with Crippen molar-refractivity contribution in [3.8, 4) is 0 Å². The van der Waals surface area contributed by atoms with Gasteiger partial charge in [-0.25, -0.2) is 0 Å². The summed E-state index contributed by atoms with van der Waals surface area (Å²) >= 11 is 0. The Morgan fingerprint density at radius 3 is 1.23 bits per heavy atom. The molecule has 14 heteroatoms. The Kier molecular flexibility index (Phi) is 37.7. The molecule has 0 aromatic rings. The monoisotopic (exact) mass is 949 g/mol. The number of rotatable bonds is 44. The van der Waals surface area contributed by atoms with Gasteiger partial charge in [-0.15, -0.1) is 0 Å². The van der Waals surface area contributed by atoms with Crippen molar-refractivity contribution in [1.82, 2.24) is 0 Å². The highest BCUT2D eigenvalue weighted by Crippen LogP contribution is 2.27. The first-order valence-corrected chi connectivity index (χ1v) is 27.1. The molecule has 0 spiro atoms. The molecule has 0 aliphatic carbocycles. The van der Waals surface area contributed by atoms with E-state index in [2.05, 4.69) is 13.8 Å². The lowest BCUT2D eigenvalue weighted by Crippen LogP contribution is -2.61. The van der Waals surface area contributed by atoms with Gasteiger partial charge < -0.3 is 64.2 Å². The lowest BCUT2D eigenvalue weighted by molar-refractivity contribution is -0.332. The number of esters is 1. The first-order valence-electron chi connectivity index (χ1n) is 27.1. The molecule has 7 N–H and O–H groups in total. The Morgan fingerprint density at radius 2 is 0.803 bits per heavy atom. The van der Waals surface area contributed by atoms with Crippen molar-refractivity contribution in [3.63, 3.8) is 0 Å². The summed E-state index contributed by atoms with van der Waals surface area (Å²) in [6, 6.07) is 0. The maximum absolute atomic E-state index is 13.0. The third-order valence-corrected chi connectivity index (χ3v) is 13.4. The quantitative estimate of drug-likeness (QED) is 0.0226. The molecule has 2 fully saturated rings. The smallest absolute Gasteiger partial charge is 0.306 e. The van der Waals surface area contributed by atoms with E-state index >= 15 is 0 Å². The highest BCUT2D eigenvalue weighted by Gasteiger charge is 2.47. The molecule has 2 rings (SSSR count). The molecule has 2 saturated heterocycles. The number of aliphatic hydroxyl groups is 7. The fraction of sp³-hybridized carbons (Fsp3) is 0.981. The van der Waals surface area contributed by atoms with Crippen molar-refractivity contribution in [3.05, 3.63) is 0 Å². The van der Waals surface area contributed by atoms with E-state index in [0.29, 0.717) is 6.61 Å². The van der Waals surface area contributed by atoms with Gasteiger partial charge in [0.15, 0.2) is 12.6 Å². The molecule has 2 heterocycles. The van der Waals surface area contributed by atoms with Crippen molar-refractivity contribution in [2.45, 2.75) is 293 Å². The molecule has 11 unspecified atom stereocenters. The molecule has 0 aromatic carbocycles. The van der Waals surface area contributed by atoms with Crippen LogP contribution in [0.2, 0.25) is 0 Å². The molecule has 0 bridgehead atoms. The predicted octanol–water partition coefficient (Wildman–Crippen LogP) is 8.47. The maximum Gasteiger partial charge on any atom is 0.306 e. The van der Waals surface area contributed by atoms with Gasteiger partial charge >= 0.3 is 5.97 Å². The highest BCUT2D eigenvalue weighted by molar-refractivity contribution is 5.69. The van der Waals surface area contributed by atoms with E-state index in [1.807, 2.05) is 0 Å². The fourth-order valence-electron chi connectivity index (χ4n) is 8.93. The fourth-order valence-corrected chi connectivity index (χ4v) is 8.93. The zero-order valence-electron chi connectivity index (χ0n) is 41.7. The van der Waals surface area contributed by atoms with Crippen LogP contribution in [0.5, 0.6) is 0 Å². The number of unbranched alkanes of at least 4 members (excludes halogenated alkanes) is 30. The van der Waals surface area contributed by atoms with Crippen LogP contribution >= 0.6 is 0 Å². The topological polar surface area (TPSA) is 214 Å². The van der Waals surface area contributed by atoms with Gasteiger partial charge in [0.25, 0.3) is 0 Å². The molecule has 0 radical (unpaired) electrons. The highest BCUT2D eigenvalue weighted by atomic mass is 16.7. The molecule has 0 amide bonds. The van der Waals surface area contributed by atoms with Crippen molar-refractivity contribution in [2.75, 3.05) is 33.0 Å². The standard InChI is InChI=1S/C52H100O14/c1-3-5-7-9-11-13-15-17-19-20-22-24-26-28-30-32-34-36-61-38-41(64-44(54)35-33-31-29-27-25-23-21-18-16-14-12-10-8-6-4-2)39-62-51-50(60)48(58)46(56)43(66-51)40-63-52-49(59)47(57)45(55)42(37-53)65-52/h41-43,45-53,55-60H,3-40H2,1-2H3. The number of carbonyl (C=O) groups is 1. The minimum absolute atomic E-state index is 0.0705. The maximum atomic E-state index is 13.0. The van der Waals surface area contributed by atoms with Gasteiger partial charge in [-0.05, 0) is 12.8 Å². The van der Waals surface area contributed by atoms with E-state index < -0.39 is 80.7 Å². The van der Waals surface area contributed by atoms with Gasteiger partial charge in [-0.3, -0.25) is 4.79 Å². The summed E-state index contributed by atoms with van der Waals surface area (Å²) < 4.78 is 34.3. The first-order chi connectivity index (χ1) is 32.1. The molecule has 14 nitrogen and oxygen atoms in total. The molecule has 392 valence electrons. The summed E-state index contributed by atoms with van der Waals surface area (Å²) in [5.41, 5.74) is 0. The Balaban J connectivity index is 1.74. The molecule has 0 saturated carbocycles. The largest absolute Gasteiger partial charge is 0.457 e. The summed E-state index contributed by atoms with van der Waals surface area (Å²) in [5.74, 6) is -0.369. The van der Waals surface area contributed by atoms with E-state index in [-0.39, 0.29) is 25.6 Å². The van der Waals surface area contributed by atoms with Crippen molar-refractivity contribution >= 4 is 5.97 Å². The third-order valence-electron chi connectivity index (χ3n) is 13.4. The van der Waals surface area contributed by atoms with Crippen LogP contribution in [0.15, 0.2) is 0 Å². The second-order valence-electron chi connectivity index (χ2n) is 19.4. The van der Waals surface area contributed by atoms with E-state index in [1.54, 1.807) is 0 Å². The molecule has 2 aliphatic rings. The van der Waals surface area contributed by atoms with Crippen LogP contribution in [0.1, 0.15) is 226 Å². The lowest BCUT2D eigenvalue weighted by atomic mass is 9.98. The predicted molar refractivity (Wildman–Crippen MR) is 257 cm³/mol. The molecule has 2 aliphatic heterocycles. The second kappa shape index (κ2) is 40.7. The SMILES string of the molecule is CCCCCCCCCCCCCCCCCCCOCC(COC1OC(COC2OC(CO)C(O)C(O)C2O)C(O)C(O)C1O)OC(=O)CCCCCCCCCCCCCCCCC. The first kappa shape index (κ1) is 61.1. The van der Waals surface area contributed by atoms with Crippen LogP contribution in [0, 0.1) is 0 Å². The average Bonchev–Trinajstić information content (AvgIpc) is 3.31. The lowest BCUT2D eigenvalue weighted by Gasteiger charge is -2.42. The van der Waals surface area contributed by atoms with Gasteiger partial charge in [0.2, 0.25) is 0 Å². The molecule has 66 heavy (non-hydrogen) atoms. The van der Waals surface area contributed by atoms with Crippen LogP contribution in [0.4, 0.5) is 0 Å². The third kappa shape index (κ3) is 28.0. The number of aliphatic hydroxyl groups excluding tert-OH is 7. The summed E-state index contributed by atoms with van der Waals surface area (Å²) in [4.78, 5) is 13.0. The summed E-state index contributed by atoms with van der Waals surface area (Å²) in [6.45, 7) is 3.74. The van der Waals surface area contributed by atoms with Crippen molar-refractivity contribution < 1.29 is 69.0 Å². The molecular formula is C52H100O14. The van der Waals surface area contributed by atoms with Gasteiger partial charge in [0.1, 0.15) is 54.9 Å². The van der Waals surface area contributed by atoms with Crippen LogP contribution in [-0.2, 0) is 33.2 Å². The average molecular weight is 949 g/mol. The van der Waals surface area contributed by atoms with E-state index in [4.69, 9.17) is 28.4 Å². The summed E-state index contributed by atoms with van der Waals surface area (Å²) in [7, 11) is 0. The number of ether oxygens (including phenoxy) is 6. The van der Waals surface area contributed by atoms with E-state index in [1.165, 1.54) is 161 Å². The number of hydrogen-bond donors (Lipinski definition) is 7. The zero-order chi connectivity index (χ0) is 48.0. The van der Waals surface area contributed by atoms with E-state index in [9.17, 15) is 40.5 Å². The molecular weight excluding hydrogens is 849 g/mol. The minimum Gasteiger partial charge on any atom is -0.457 e. The number of carbonyl (C=O) groups excluding carboxylic acids is 1. The van der Waals surface area contributed by atoms with Crippen molar-refractivity contribution in [2.24, 2.45) is 0 Å². The Bertz CT molecular complexity index is 1100. The van der Waals surface area contributed by atoms with Gasteiger partial charge in [0, 0.05) is 13.0 Å². The van der Waals surface area contributed by atoms with Gasteiger partial charge in [-0.1, -0.05) is 206 Å². The van der Waals surface area contributed by atoms with Gasteiger partial charge in [0.05, 0.1) is 26.4 Å². The Labute approximate surface area is 400 Å². The van der Waals surface area contributed by atoms with E-state index in [0.717, 1.165) is 44.9 Å². The summed E-state index contributed by atoms with van der Waals surface area (Å²) in [6.07, 6.45) is 24.4. The van der Waals surface area contributed by atoms with Gasteiger partial charge in [-0.2, -0.15) is 0 Å². The Hall–Kier alpha value is -1.01. The summed E-state index contributed by atoms with van der Waals surface area (Å²) in [5, 5.41) is 72.2. The zero-order valence-corrected chi connectivity index (χ0v) is 41.7. The normalized spacial score (nSPS) is 26.2. The van der Waals surface area contributed by atoms with Crippen LogP contribution < -0.4 is 0 Å². The van der Waals surface area contributed by atoms with Crippen LogP contribution in [0.3, 0.4) is 0 Å². The molecule has 0 aromatic heterocycles. The number of hydrogen-bond acceptors (Lipinski definition) is 14. The second-order valence-corrected chi connectivity index (χ2v) is 19.4. The van der Waals surface area contributed by atoms with Crippen molar-refractivity contribution in [1.29, 1.82) is 0 Å². The van der Waals surface area contributed by atoms with Crippen LogP contribution in [-0.4, -0.2) is 142 Å². The minimum atomic E-state index is -1.70. The van der Waals surface area contributed by atoms with Crippen LogP contribution in [0.25, 0.3) is 0 Å². The Morgan fingerprint density at radius 1 is 0.439 bits per heavy atom. The molecule has 11 atom stereocenters.